The number of amides is 1. The molecule has 2 aromatic carbocycles. The fourth-order valence-electron chi connectivity index (χ4n) is 3.99. The summed E-state index contributed by atoms with van der Waals surface area (Å²) in [5.74, 6) is 2.19. The number of allylic oxidation sites excluding steroid dienone is 1. The fraction of sp³-hybridized carbons (Fsp3) is 0.292. The average molecular weight is 466 g/mol. The monoisotopic (exact) mass is 465 g/mol. The number of carbonyl (C=O) groups is 1. The molecule has 2 heterocycles. The van der Waals surface area contributed by atoms with Crippen LogP contribution in [0.4, 0.5) is 11.6 Å². The second-order valence-electron chi connectivity index (χ2n) is 7.44. The smallest absolute Gasteiger partial charge is 0.255 e. The van der Waals surface area contributed by atoms with Gasteiger partial charge in [-0.25, -0.2) is 4.68 Å². The van der Waals surface area contributed by atoms with Crippen LogP contribution in [0.3, 0.4) is 0 Å². The Labute approximate surface area is 197 Å². The summed E-state index contributed by atoms with van der Waals surface area (Å²) in [6, 6.07) is 10.3. The normalized spacial score (nSPS) is 14.7. The molecule has 0 radical (unpaired) electrons. The second kappa shape index (κ2) is 9.74. The molecule has 2 N–H and O–H groups in total. The zero-order valence-electron chi connectivity index (χ0n) is 19.7. The Kier molecular flexibility index (Phi) is 6.58. The molecule has 3 aromatic rings. The van der Waals surface area contributed by atoms with Gasteiger partial charge in [0, 0.05) is 5.70 Å². The van der Waals surface area contributed by atoms with Gasteiger partial charge in [0.05, 0.1) is 39.2 Å². The SMILES string of the molecule is CCOc1ccccc1NC(=O)C1=C(C)Nc2ncnn2[C@@H]1c1cc(OC)c(OC)c(OC)c1. The van der Waals surface area contributed by atoms with Crippen molar-refractivity contribution in [3.63, 3.8) is 0 Å². The minimum atomic E-state index is -0.605. The highest BCUT2D eigenvalue weighted by Gasteiger charge is 2.35. The molecule has 10 nitrogen and oxygen atoms in total. The van der Waals surface area contributed by atoms with Crippen molar-refractivity contribution in [2.75, 3.05) is 38.6 Å². The van der Waals surface area contributed by atoms with E-state index in [9.17, 15) is 4.79 Å². The molecule has 0 unspecified atom stereocenters. The van der Waals surface area contributed by atoms with Crippen molar-refractivity contribution < 1.29 is 23.7 Å². The molecule has 1 aliphatic heterocycles. The number of hydrogen-bond donors (Lipinski definition) is 2. The van der Waals surface area contributed by atoms with Crippen LogP contribution in [-0.4, -0.2) is 48.6 Å². The van der Waals surface area contributed by atoms with Crippen molar-refractivity contribution in [2.24, 2.45) is 0 Å². The lowest BCUT2D eigenvalue weighted by Crippen LogP contribution is -2.31. The van der Waals surface area contributed by atoms with Gasteiger partial charge in [-0.15, -0.1) is 0 Å². The molecule has 1 atom stereocenters. The van der Waals surface area contributed by atoms with E-state index in [4.69, 9.17) is 18.9 Å². The predicted octanol–water partition coefficient (Wildman–Crippen LogP) is 3.63. The van der Waals surface area contributed by atoms with Gasteiger partial charge in [-0.1, -0.05) is 12.1 Å². The van der Waals surface area contributed by atoms with Crippen molar-refractivity contribution in [2.45, 2.75) is 19.9 Å². The molecule has 0 spiro atoms. The average Bonchev–Trinajstić information content (AvgIpc) is 3.31. The van der Waals surface area contributed by atoms with Gasteiger partial charge >= 0.3 is 0 Å². The number of benzene rings is 2. The number of nitrogens with zero attached hydrogens (tertiary/aromatic N) is 3. The predicted molar refractivity (Wildman–Crippen MR) is 127 cm³/mol. The van der Waals surface area contributed by atoms with E-state index in [-0.39, 0.29) is 5.91 Å². The first-order valence-electron chi connectivity index (χ1n) is 10.7. The maximum atomic E-state index is 13.7. The molecule has 178 valence electrons. The van der Waals surface area contributed by atoms with E-state index in [0.29, 0.717) is 58.1 Å². The van der Waals surface area contributed by atoms with Gasteiger partial charge in [0.25, 0.3) is 5.91 Å². The molecule has 1 amide bonds. The van der Waals surface area contributed by atoms with Crippen LogP contribution in [-0.2, 0) is 4.79 Å². The number of methoxy groups -OCH3 is 3. The molecule has 10 heteroatoms. The molecule has 0 saturated heterocycles. The third kappa shape index (κ3) is 4.09. The summed E-state index contributed by atoms with van der Waals surface area (Å²) in [6.45, 7) is 4.20. The summed E-state index contributed by atoms with van der Waals surface area (Å²) >= 11 is 0. The van der Waals surface area contributed by atoms with E-state index in [1.807, 2.05) is 32.0 Å². The first kappa shape index (κ1) is 23.0. The van der Waals surface area contributed by atoms with E-state index in [1.165, 1.54) is 6.33 Å². The van der Waals surface area contributed by atoms with Crippen molar-refractivity contribution in [3.05, 3.63) is 59.6 Å². The highest BCUT2D eigenvalue weighted by molar-refractivity contribution is 6.06. The number of aromatic nitrogens is 3. The maximum absolute atomic E-state index is 13.7. The molecule has 0 bridgehead atoms. The molecule has 0 fully saturated rings. The summed E-state index contributed by atoms with van der Waals surface area (Å²) in [7, 11) is 4.63. The van der Waals surface area contributed by atoms with Crippen LogP contribution >= 0.6 is 0 Å². The van der Waals surface area contributed by atoms with Crippen molar-refractivity contribution in [3.8, 4) is 23.0 Å². The van der Waals surface area contributed by atoms with E-state index in [2.05, 4.69) is 20.7 Å². The quantitative estimate of drug-likeness (QED) is 0.519. The van der Waals surface area contributed by atoms with Crippen LogP contribution in [0.15, 0.2) is 54.0 Å². The third-order valence-electron chi connectivity index (χ3n) is 5.48. The van der Waals surface area contributed by atoms with Gasteiger partial charge < -0.3 is 29.6 Å². The molecule has 4 rings (SSSR count). The fourth-order valence-corrected chi connectivity index (χ4v) is 3.99. The second-order valence-corrected chi connectivity index (χ2v) is 7.44. The van der Waals surface area contributed by atoms with Crippen LogP contribution in [0.1, 0.15) is 25.5 Å². The third-order valence-corrected chi connectivity index (χ3v) is 5.48. The number of anilines is 2. The van der Waals surface area contributed by atoms with E-state index < -0.39 is 6.04 Å². The summed E-state index contributed by atoms with van der Waals surface area (Å²) < 4.78 is 23.9. The van der Waals surface area contributed by atoms with Crippen molar-refractivity contribution in [1.29, 1.82) is 0 Å². The Morgan fingerprint density at radius 3 is 2.44 bits per heavy atom. The van der Waals surface area contributed by atoms with Gasteiger partial charge in [0.2, 0.25) is 11.7 Å². The van der Waals surface area contributed by atoms with Crippen LogP contribution in [0, 0.1) is 0 Å². The number of hydrogen-bond acceptors (Lipinski definition) is 8. The largest absolute Gasteiger partial charge is 0.493 e. The van der Waals surface area contributed by atoms with E-state index >= 15 is 0 Å². The van der Waals surface area contributed by atoms with Crippen LogP contribution in [0.5, 0.6) is 23.0 Å². The molecular weight excluding hydrogens is 438 g/mol. The Morgan fingerprint density at radius 1 is 1.09 bits per heavy atom. The van der Waals surface area contributed by atoms with Crippen molar-refractivity contribution >= 4 is 17.5 Å². The molecule has 0 saturated carbocycles. The number of rotatable bonds is 8. The Bertz CT molecular complexity index is 1210. The van der Waals surface area contributed by atoms with Crippen LogP contribution < -0.4 is 29.6 Å². The lowest BCUT2D eigenvalue weighted by molar-refractivity contribution is -0.113. The summed E-state index contributed by atoms with van der Waals surface area (Å²) in [6.07, 6.45) is 1.44. The number of nitrogens with one attached hydrogen (secondary N) is 2. The van der Waals surface area contributed by atoms with Crippen LogP contribution in [0.2, 0.25) is 0 Å². The van der Waals surface area contributed by atoms with E-state index in [1.54, 1.807) is 44.2 Å². The minimum absolute atomic E-state index is 0.308. The molecule has 34 heavy (non-hydrogen) atoms. The summed E-state index contributed by atoms with van der Waals surface area (Å²) in [4.78, 5) is 18.0. The summed E-state index contributed by atoms with van der Waals surface area (Å²) in [5.41, 5.74) is 2.39. The Morgan fingerprint density at radius 2 is 1.79 bits per heavy atom. The van der Waals surface area contributed by atoms with Gasteiger partial charge in [-0.2, -0.15) is 10.1 Å². The van der Waals surface area contributed by atoms with Crippen LogP contribution in [0.25, 0.3) is 0 Å². The Balaban J connectivity index is 1.82. The first-order chi connectivity index (χ1) is 16.5. The maximum Gasteiger partial charge on any atom is 0.255 e. The number of ether oxygens (including phenoxy) is 4. The Hall–Kier alpha value is -4.21. The molecule has 1 aromatic heterocycles. The first-order valence-corrected chi connectivity index (χ1v) is 10.7. The highest BCUT2D eigenvalue weighted by Crippen LogP contribution is 2.43. The number of carbonyl (C=O) groups excluding carboxylic acids is 1. The molecular formula is C24H27N5O5. The van der Waals surface area contributed by atoms with Gasteiger partial charge in [-0.05, 0) is 43.7 Å². The highest BCUT2D eigenvalue weighted by atomic mass is 16.5. The number of para-hydroxylation sites is 2. The zero-order valence-corrected chi connectivity index (χ0v) is 19.7. The minimum Gasteiger partial charge on any atom is -0.493 e. The van der Waals surface area contributed by atoms with Gasteiger partial charge in [0.15, 0.2) is 11.5 Å². The standard InChI is InChI=1S/C24H27N5O5/c1-6-34-17-10-8-7-9-16(17)28-23(30)20-14(2)27-24-25-13-26-29(24)21(20)15-11-18(31-3)22(33-5)19(12-15)32-4/h7-13,21H,6H2,1-5H3,(H,28,30)(H,25,26,27)/t21-/m1/s1. The zero-order chi connectivity index (χ0) is 24.2. The lowest BCUT2D eigenvalue weighted by Gasteiger charge is -2.29. The van der Waals surface area contributed by atoms with Gasteiger partial charge in [-0.3, -0.25) is 4.79 Å². The number of fused-ring (bicyclic) bond motifs is 1. The topological polar surface area (TPSA) is 109 Å². The molecule has 0 aliphatic carbocycles. The van der Waals surface area contributed by atoms with Gasteiger partial charge in [0.1, 0.15) is 18.1 Å². The van der Waals surface area contributed by atoms with Crippen molar-refractivity contribution in [1.82, 2.24) is 14.8 Å². The summed E-state index contributed by atoms with van der Waals surface area (Å²) in [5, 5.41) is 10.5. The molecule has 1 aliphatic rings. The lowest BCUT2D eigenvalue weighted by atomic mass is 9.94. The van der Waals surface area contributed by atoms with E-state index in [0.717, 1.165) is 0 Å².